The quantitative estimate of drug-likeness (QED) is 0.418. The van der Waals surface area contributed by atoms with Gasteiger partial charge in [0.05, 0.1) is 0 Å². The van der Waals surface area contributed by atoms with Crippen LogP contribution in [-0.2, 0) is 0 Å². The fourth-order valence-electron chi connectivity index (χ4n) is 3.40. The molecule has 4 aliphatic rings. The molecule has 12 heavy (non-hydrogen) atoms. The first-order valence-corrected chi connectivity index (χ1v) is 7.56. The third-order valence-corrected chi connectivity index (χ3v) is 7.51. The van der Waals surface area contributed by atoms with Gasteiger partial charge in [0.1, 0.15) is 0 Å². The zero-order valence-electron chi connectivity index (χ0n) is 7.18. The molecule has 2 heteroatoms. The summed E-state index contributed by atoms with van der Waals surface area (Å²) in [5.74, 6) is 2.38. The molecule has 4 fully saturated rings. The van der Waals surface area contributed by atoms with E-state index >= 15 is 0 Å². The predicted octanol–water partition coefficient (Wildman–Crippen LogP) is -0.420. The van der Waals surface area contributed by atoms with Gasteiger partial charge in [-0.05, 0) is 0 Å². The van der Waals surface area contributed by atoms with Crippen molar-refractivity contribution >= 4 is 0 Å². The zero-order chi connectivity index (χ0) is 8.13. The van der Waals surface area contributed by atoms with Crippen LogP contribution in [0.2, 0.25) is 0 Å². The Labute approximate surface area is 83.6 Å². The Balaban J connectivity index is 1.91. The van der Waals surface area contributed by atoms with Crippen molar-refractivity contribution in [1.82, 2.24) is 0 Å². The molecule has 4 bridgehead atoms. The summed E-state index contributed by atoms with van der Waals surface area (Å²) in [6.45, 7) is 0. The van der Waals surface area contributed by atoms with Gasteiger partial charge >= 0.3 is 83.6 Å². The molecule has 2 saturated heterocycles. The van der Waals surface area contributed by atoms with E-state index in [4.69, 9.17) is 0 Å². The number of hydrogen-bond donors (Lipinski definition) is 0. The molecule has 2 aliphatic carbocycles. The molecule has 0 radical (unpaired) electrons. The molecular formula is C10H15FI-. The first-order valence-electron chi connectivity index (χ1n) is 5.07. The van der Waals surface area contributed by atoms with Gasteiger partial charge in [-0.1, -0.05) is 0 Å². The van der Waals surface area contributed by atoms with E-state index in [0.29, 0.717) is 5.92 Å². The van der Waals surface area contributed by atoms with E-state index in [1.54, 1.807) is 0 Å². The summed E-state index contributed by atoms with van der Waals surface area (Å²) in [5, 5.41) is 0. The SMILES string of the molecule is FC1[I-]C2CC3CC(C2)CC1C3. The Kier molecular flexibility index (Phi) is 1.88. The molecule has 0 aromatic rings. The Hall–Kier alpha value is 0.660. The summed E-state index contributed by atoms with van der Waals surface area (Å²) in [6, 6.07) is 0. The molecule has 3 unspecified atom stereocenters. The van der Waals surface area contributed by atoms with Crippen molar-refractivity contribution in [1.29, 1.82) is 0 Å². The monoisotopic (exact) mass is 281 g/mol. The zero-order valence-corrected chi connectivity index (χ0v) is 9.34. The van der Waals surface area contributed by atoms with Crippen LogP contribution in [0, 0.1) is 17.8 Å². The number of hydrogen-bond acceptors (Lipinski definition) is 0. The van der Waals surface area contributed by atoms with Crippen molar-refractivity contribution in [2.24, 2.45) is 17.8 Å². The third-order valence-electron chi connectivity index (χ3n) is 3.77. The Morgan fingerprint density at radius 3 is 2.25 bits per heavy atom. The van der Waals surface area contributed by atoms with Gasteiger partial charge in [0.2, 0.25) is 0 Å². The molecule has 0 amide bonds. The normalized spacial score (nSPS) is 57.9. The van der Waals surface area contributed by atoms with Crippen molar-refractivity contribution in [2.45, 2.75) is 40.2 Å². The van der Waals surface area contributed by atoms with Gasteiger partial charge in [-0.3, -0.25) is 0 Å². The van der Waals surface area contributed by atoms with Crippen LogP contribution in [0.1, 0.15) is 32.1 Å². The van der Waals surface area contributed by atoms with Crippen molar-refractivity contribution in [3.63, 3.8) is 0 Å². The molecule has 2 aliphatic heterocycles. The minimum atomic E-state index is -0.330. The van der Waals surface area contributed by atoms with Crippen LogP contribution in [0.4, 0.5) is 4.39 Å². The maximum atomic E-state index is 13.6. The molecule has 2 heterocycles. The molecular weight excluding hydrogens is 266 g/mol. The van der Waals surface area contributed by atoms with Crippen LogP contribution in [0.3, 0.4) is 0 Å². The summed E-state index contributed by atoms with van der Waals surface area (Å²) in [4.78, 5) is 0. The Bertz CT molecular complexity index is 180. The average molecular weight is 281 g/mol. The van der Waals surface area contributed by atoms with Gasteiger partial charge in [-0.2, -0.15) is 0 Å². The van der Waals surface area contributed by atoms with E-state index < -0.39 is 0 Å². The van der Waals surface area contributed by atoms with Crippen molar-refractivity contribution < 1.29 is 25.6 Å². The second kappa shape index (κ2) is 2.82. The number of halogens is 2. The van der Waals surface area contributed by atoms with E-state index in [9.17, 15) is 4.39 Å². The molecule has 3 atom stereocenters. The molecule has 0 spiro atoms. The third kappa shape index (κ3) is 1.21. The van der Waals surface area contributed by atoms with Crippen LogP contribution in [0.25, 0.3) is 0 Å². The van der Waals surface area contributed by atoms with E-state index in [-0.39, 0.29) is 25.4 Å². The summed E-state index contributed by atoms with van der Waals surface area (Å²) in [6.07, 6.45) is 6.74. The topological polar surface area (TPSA) is 0 Å². The molecule has 4 rings (SSSR count). The summed E-state index contributed by atoms with van der Waals surface area (Å²) >= 11 is -0.0827. The maximum absolute atomic E-state index is 13.6. The van der Waals surface area contributed by atoms with E-state index in [1.807, 2.05) is 0 Å². The van der Waals surface area contributed by atoms with Crippen LogP contribution in [-0.4, -0.2) is 8.10 Å². The first kappa shape index (κ1) is 8.01. The molecule has 0 aromatic heterocycles. The summed E-state index contributed by atoms with van der Waals surface area (Å²) in [7, 11) is 0. The van der Waals surface area contributed by atoms with Gasteiger partial charge in [0.25, 0.3) is 0 Å². The van der Waals surface area contributed by atoms with E-state index in [2.05, 4.69) is 0 Å². The standard InChI is InChI=1S/C10H15FI/c11-10-8-2-6-1-7(3-8)5-9(4-6)12-10/h6-10H,1-5H2/q-1. The molecule has 0 aromatic carbocycles. The van der Waals surface area contributed by atoms with Gasteiger partial charge in [0, 0.05) is 0 Å². The molecule has 2 saturated carbocycles. The van der Waals surface area contributed by atoms with Crippen molar-refractivity contribution in [3.05, 3.63) is 0 Å². The van der Waals surface area contributed by atoms with Gasteiger partial charge in [-0.15, -0.1) is 0 Å². The Morgan fingerprint density at radius 1 is 0.917 bits per heavy atom. The van der Waals surface area contributed by atoms with E-state index in [1.165, 1.54) is 32.1 Å². The van der Waals surface area contributed by atoms with Gasteiger partial charge in [-0.25, -0.2) is 0 Å². The Morgan fingerprint density at radius 2 is 1.58 bits per heavy atom. The van der Waals surface area contributed by atoms with Crippen molar-refractivity contribution in [3.8, 4) is 0 Å². The second-order valence-electron chi connectivity index (χ2n) is 4.73. The first-order chi connectivity index (χ1) is 5.81. The van der Waals surface area contributed by atoms with Crippen LogP contribution >= 0.6 is 0 Å². The predicted molar refractivity (Wildman–Crippen MR) is 42.2 cm³/mol. The number of alkyl halides is 3. The molecule has 0 nitrogen and oxygen atoms in total. The number of fused-ring (bicyclic) bond motifs is 1. The van der Waals surface area contributed by atoms with E-state index in [0.717, 1.165) is 15.8 Å². The van der Waals surface area contributed by atoms with Gasteiger partial charge < -0.3 is 0 Å². The average Bonchev–Trinajstić information content (AvgIpc) is 2.16. The molecule has 70 valence electrons. The fraction of sp³-hybridized carbons (Fsp3) is 1.00. The second-order valence-corrected chi connectivity index (χ2v) is 8.40. The fourth-order valence-corrected chi connectivity index (χ4v) is 7.57. The van der Waals surface area contributed by atoms with Gasteiger partial charge in [0.15, 0.2) is 0 Å². The molecule has 0 N–H and O–H groups in total. The summed E-state index contributed by atoms with van der Waals surface area (Å²) in [5.41, 5.74) is 0. The minimum absolute atomic E-state index is 0.0827. The summed E-state index contributed by atoms with van der Waals surface area (Å²) < 4.78 is 14.2. The van der Waals surface area contributed by atoms with Crippen LogP contribution in [0.15, 0.2) is 0 Å². The number of rotatable bonds is 0. The van der Waals surface area contributed by atoms with Crippen molar-refractivity contribution in [2.75, 3.05) is 0 Å². The van der Waals surface area contributed by atoms with Crippen LogP contribution < -0.4 is 21.2 Å². The van der Waals surface area contributed by atoms with Crippen LogP contribution in [0.5, 0.6) is 0 Å².